The van der Waals surface area contributed by atoms with Crippen LogP contribution in [0.3, 0.4) is 0 Å². The van der Waals surface area contributed by atoms with Crippen molar-refractivity contribution >= 4 is 24.0 Å². The summed E-state index contributed by atoms with van der Waals surface area (Å²) in [6, 6.07) is 26.5. The van der Waals surface area contributed by atoms with Gasteiger partial charge in [-0.25, -0.2) is 0 Å². The summed E-state index contributed by atoms with van der Waals surface area (Å²) < 4.78 is 0. The predicted octanol–water partition coefficient (Wildman–Crippen LogP) is 13.1. The molecule has 0 spiro atoms. The molecule has 3 aromatic carbocycles. The van der Waals surface area contributed by atoms with Crippen LogP contribution in [0.2, 0.25) is 0 Å². The molecule has 39 heavy (non-hydrogen) atoms. The molecule has 0 radical (unpaired) electrons. The van der Waals surface area contributed by atoms with Gasteiger partial charge in [0.2, 0.25) is 0 Å². The molecule has 0 aliphatic heterocycles. The summed E-state index contributed by atoms with van der Waals surface area (Å²) in [5.41, 5.74) is 11.1. The van der Waals surface area contributed by atoms with E-state index in [0.29, 0.717) is 5.92 Å². The van der Waals surface area contributed by atoms with Gasteiger partial charge in [-0.3, -0.25) is 0 Å². The maximum Gasteiger partial charge on any atom is 0.0302 e. The van der Waals surface area contributed by atoms with Crippen LogP contribution in [-0.4, -0.2) is 0 Å². The van der Waals surface area contributed by atoms with Crippen molar-refractivity contribution in [3.05, 3.63) is 129 Å². The van der Waals surface area contributed by atoms with Crippen LogP contribution in [0.15, 0.2) is 96.1 Å². The highest BCUT2D eigenvalue weighted by Gasteiger charge is 2.20. The Morgan fingerprint density at radius 1 is 0.410 bits per heavy atom. The minimum atomic E-state index is 0. The van der Waals surface area contributed by atoms with Crippen LogP contribution < -0.4 is 0 Å². The molecular weight excluding hydrogens is 583 g/mol. The topological polar surface area (TPSA) is 0 Å². The zero-order valence-corrected chi connectivity index (χ0v) is 29.8. The summed E-state index contributed by atoms with van der Waals surface area (Å²) in [4.78, 5) is 0. The van der Waals surface area contributed by atoms with E-state index in [1.165, 1.54) is 50.9 Å². The van der Waals surface area contributed by atoms with Gasteiger partial charge >= 0.3 is 0 Å². The molecule has 0 amide bonds. The quantitative estimate of drug-likeness (QED) is 0.249. The van der Waals surface area contributed by atoms with Gasteiger partial charge < -0.3 is 0 Å². The van der Waals surface area contributed by atoms with E-state index in [4.69, 9.17) is 0 Å². The Bertz CT molecular complexity index is 937. The minimum absolute atomic E-state index is 0. The summed E-state index contributed by atoms with van der Waals surface area (Å²) in [6.45, 7) is 26.7. The van der Waals surface area contributed by atoms with Crippen molar-refractivity contribution in [2.24, 2.45) is 0 Å². The van der Waals surface area contributed by atoms with E-state index in [2.05, 4.69) is 120 Å². The molecule has 1 heteroatoms. The van der Waals surface area contributed by atoms with Crippen LogP contribution in [0.4, 0.5) is 0 Å². The third-order valence-corrected chi connectivity index (χ3v) is 5.80. The first-order valence-corrected chi connectivity index (χ1v) is 14.9. The lowest BCUT2D eigenvalue weighted by molar-refractivity contribution is 0.807. The molecule has 0 heterocycles. The second kappa shape index (κ2) is 26.1. The van der Waals surface area contributed by atoms with E-state index in [1.54, 1.807) is 0 Å². The number of hydrogen-bond acceptors (Lipinski definition) is 0. The standard InChI is InChI=1S/C22H24.C8H10.4C2H6.HI/c1-16-4-10-19(11-5-16)22(20-12-6-17(2)7-13-20)21-14-8-18(3)9-15-21;1-7-3-5-8(2)6-4-7;4*1-2;/h4-8,10-14,22H,9,15H2,1-3H3;3-6H,1-2H3;4*1-2H3;1H. The van der Waals surface area contributed by atoms with E-state index >= 15 is 0 Å². The molecule has 218 valence electrons. The van der Waals surface area contributed by atoms with Crippen LogP contribution in [-0.2, 0) is 0 Å². The van der Waals surface area contributed by atoms with Crippen molar-refractivity contribution in [2.45, 2.75) is 109 Å². The first kappa shape index (κ1) is 41.4. The number of allylic oxidation sites excluding steroid dienone is 4. The molecule has 0 saturated heterocycles. The van der Waals surface area contributed by atoms with Crippen molar-refractivity contribution in [1.29, 1.82) is 0 Å². The van der Waals surface area contributed by atoms with Gasteiger partial charge in [0, 0.05) is 5.92 Å². The van der Waals surface area contributed by atoms with E-state index in [9.17, 15) is 0 Å². The highest BCUT2D eigenvalue weighted by molar-refractivity contribution is 14.0. The normalized spacial score (nSPS) is 10.8. The van der Waals surface area contributed by atoms with Crippen molar-refractivity contribution in [1.82, 2.24) is 0 Å². The molecule has 0 unspecified atom stereocenters. The van der Waals surface area contributed by atoms with Crippen LogP contribution >= 0.6 is 24.0 Å². The Hall–Kier alpha value is -2.13. The second-order valence-electron chi connectivity index (χ2n) is 8.66. The highest BCUT2D eigenvalue weighted by atomic mass is 127. The maximum atomic E-state index is 2.34. The molecule has 0 N–H and O–H groups in total. The van der Waals surface area contributed by atoms with Crippen molar-refractivity contribution in [3.8, 4) is 0 Å². The van der Waals surface area contributed by atoms with Gasteiger partial charge in [-0.05, 0) is 58.6 Å². The highest BCUT2D eigenvalue weighted by Crippen LogP contribution is 2.37. The van der Waals surface area contributed by atoms with E-state index < -0.39 is 0 Å². The molecule has 0 nitrogen and oxygen atoms in total. The number of hydrogen-bond donors (Lipinski definition) is 0. The summed E-state index contributed by atoms with van der Waals surface area (Å²) >= 11 is 0. The van der Waals surface area contributed by atoms with Gasteiger partial charge in [0.05, 0.1) is 0 Å². The van der Waals surface area contributed by atoms with Crippen LogP contribution in [0.5, 0.6) is 0 Å². The molecule has 1 aliphatic rings. The first-order chi connectivity index (χ1) is 18.4. The van der Waals surface area contributed by atoms with Crippen LogP contribution in [0.1, 0.15) is 114 Å². The Balaban J connectivity index is -0.000000640. The first-order valence-electron chi connectivity index (χ1n) is 14.9. The van der Waals surface area contributed by atoms with Crippen molar-refractivity contribution < 1.29 is 0 Å². The van der Waals surface area contributed by atoms with Gasteiger partial charge in [-0.2, -0.15) is 0 Å². The van der Waals surface area contributed by atoms with Crippen molar-refractivity contribution in [3.63, 3.8) is 0 Å². The lowest BCUT2D eigenvalue weighted by Crippen LogP contribution is -2.07. The summed E-state index contributed by atoms with van der Waals surface area (Å²) in [5.74, 6) is 0.380. The molecule has 3 aromatic rings. The Morgan fingerprint density at radius 2 is 0.692 bits per heavy atom. The van der Waals surface area contributed by atoms with E-state index in [0.717, 1.165) is 6.42 Å². The maximum absolute atomic E-state index is 2.34. The molecule has 0 bridgehead atoms. The SMILES string of the molecule is CC.CC.CC.CC.CC1=CC=C(C(c2ccc(C)cc2)c2ccc(C)cc2)CC1.Cc1ccc(C)cc1.I. The van der Waals surface area contributed by atoms with Gasteiger partial charge in [0.1, 0.15) is 0 Å². The minimum Gasteiger partial charge on any atom is -0.107 e. The fourth-order valence-corrected chi connectivity index (χ4v) is 3.77. The Labute approximate surface area is 261 Å². The average Bonchev–Trinajstić information content (AvgIpc) is 2.98. The Morgan fingerprint density at radius 3 is 0.949 bits per heavy atom. The molecule has 1 aliphatic carbocycles. The van der Waals surface area contributed by atoms with Gasteiger partial charge in [-0.15, -0.1) is 24.0 Å². The van der Waals surface area contributed by atoms with Crippen LogP contribution in [0.25, 0.3) is 0 Å². The fraction of sp³-hybridized carbons (Fsp3) is 0.421. The van der Waals surface area contributed by atoms with Gasteiger partial charge in [-0.1, -0.05) is 174 Å². The van der Waals surface area contributed by atoms with Gasteiger partial charge in [0.25, 0.3) is 0 Å². The molecule has 4 rings (SSSR count). The van der Waals surface area contributed by atoms with Crippen molar-refractivity contribution in [2.75, 3.05) is 0 Å². The number of aryl methyl sites for hydroxylation is 4. The summed E-state index contributed by atoms with van der Waals surface area (Å²) in [7, 11) is 0. The molecular formula is C38H59I. The van der Waals surface area contributed by atoms with E-state index in [-0.39, 0.29) is 24.0 Å². The van der Waals surface area contributed by atoms with Gasteiger partial charge in [0.15, 0.2) is 0 Å². The zero-order chi connectivity index (χ0) is 29.5. The predicted molar refractivity (Wildman–Crippen MR) is 192 cm³/mol. The fourth-order valence-electron chi connectivity index (χ4n) is 3.77. The largest absolute Gasteiger partial charge is 0.107 e. The second-order valence-corrected chi connectivity index (χ2v) is 8.66. The summed E-state index contributed by atoms with van der Waals surface area (Å²) in [6.07, 6.45) is 6.96. The zero-order valence-electron chi connectivity index (χ0n) is 27.5. The molecule has 0 fully saturated rings. The smallest absolute Gasteiger partial charge is 0.0302 e. The third kappa shape index (κ3) is 16.5. The third-order valence-electron chi connectivity index (χ3n) is 5.80. The lowest BCUT2D eigenvalue weighted by Gasteiger charge is -2.24. The van der Waals surface area contributed by atoms with Crippen LogP contribution in [0, 0.1) is 27.7 Å². The molecule has 0 atom stereocenters. The molecule has 0 aromatic heterocycles. The molecule has 0 saturated carbocycles. The Kier molecular flexibility index (Phi) is 27.7. The number of halogens is 1. The number of benzene rings is 3. The number of rotatable bonds is 3. The average molecular weight is 643 g/mol. The lowest BCUT2D eigenvalue weighted by atomic mass is 9.80. The van der Waals surface area contributed by atoms with E-state index in [1.807, 2.05) is 55.4 Å². The summed E-state index contributed by atoms with van der Waals surface area (Å²) in [5, 5.41) is 0. The monoisotopic (exact) mass is 642 g/mol.